The lowest BCUT2D eigenvalue weighted by Crippen LogP contribution is -2.43. The third-order valence-corrected chi connectivity index (χ3v) is 5.08. The molecule has 0 saturated heterocycles. The average molecular weight is 426 g/mol. The van der Waals surface area contributed by atoms with Gasteiger partial charge in [0.05, 0.1) is 5.69 Å². The Bertz CT molecular complexity index is 899. The lowest BCUT2D eigenvalue weighted by Gasteiger charge is -2.16. The summed E-state index contributed by atoms with van der Waals surface area (Å²) in [7, 11) is -3.73. The molecule has 0 aliphatic heterocycles. The van der Waals surface area contributed by atoms with Gasteiger partial charge in [-0.3, -0.25) is 9.59 Å². The smallest absolute Gasteiger partial charge is 0.274 e. The number of rotatable bonds is 10. The zero-order chi connectivity index (χ0) is 20.6. The van der Waals surface area contributed by atoms with Crippen molar-refractivity contribution in [1.29, 1.82) is 0 Å². The van der Waals surface area contributed by atoms with Crippen molar-refractivity contribution in [2.45, 2.75) is 32.2 Å². The number of carbonyl (C=O) groups is 2. The maximum Gasteiger partial charge on any atom is 0.274 e. The minimum atomic E-state index is -3.73. The Morgan fingerprint density at radius 2 is 1.93 bits per heavy atom. The van der Waals surface area contributed by atoms with Crippen LogP contribution in [-0.4, -0.2) is 37.8 Å². The Balaban J connectivity index is 1.91. The standard InChI is InChI=1S/C17H23N5O4S2/c1-12(23)20-14(9-5-6-10-19-28(18,25)26)16(24)22-17-21-15(11-27-17)13-7-3-2-4-8-13/h2-4,7-8,11,14,19H,5-6,9-10H2,1H3,(H,20,23)(H2,18,25,26)(H,21,22,24)/t14-/m0/s1. The van der Waals surface area contributed by atoms with Gasteiger partial charge in [0.15, 0.2) is 5.13 Å². The number of nitrogens with two attached hydrogens (primary N) is 1. The SMILES string of the molecule is CC(=O)N[C@@H](CCCCNS(N)(=O)=O)C(=O)Nc1nc(-c2ccccc2)cs1. The molecular formula is C17H23N5O4S2. The van der Waals surface area contributed by atoms with E-state index in [0.29, 0.717) is 24.4 Å². The molecule has 0 bridgehead atoms. The number of hydrogen-bond acceptors (Lipinski definition) is 6. The molecule has 1 aromatic heterocycles. The van der Waals surface area contributed by atoms with Gasteiger partial charge >= 0.3 is 0 Å². The van der Waals surface area contributed by atoms with Gasteiger partial charge in [-0.15, -0.1) is 11.3 Å². The number of nitrogens with zero attached hydrogens (tertiary/aromatic N) is 1. The van der Waals surface area contributed by atoms with Gasteiger partial charge in [0.25, 0.3) is 10.2 Å². The van der Waals surface area contributed by atoms with E-state index in [0.717, 1.165) is 11.3 Å². The van der Waals surface area contributed by atoms with Gasteiger partial charge in [0.1, 0.15) is 6.04 Å². The molecule has 1 atom stereocenters. The molecule has 5 N–H and O–H groups in total. The van der Waals surface area contributed by atoms with E-state index < -0.39 is 16.3 Å². The molecule has 2 aromatic rings. The maximum atomic E-state index is 12.5. The van der Waals surface area contributed by atoms with Crippen LogP contribution in [0.15, 0.2) is 35.7 Å². The fourth-order valence-corrected chi connectivity index (χ4v) is 3.62. The molecule has 152 valence electrons. The molecule has 0 unspecified atom stereocenters. The van der Waals surface area contributed by atoms with Crippen molar-refractivity contribution >= 4 is 38.5 Å². The van der Waals surface area contributed by atoms with Crippen molar-refractivity contribution in [1.82, 2.24) is 15.0 Å². The number of carbonyl (C=O) groups excluding carboxylic acids is 2. The summed E-state index contributed by atoms with van der Waals surface area (Å²) in [6.07, 6.45) is 1.36. The normalized spacial score (nSPS) is 12.4. The number of unbranched alkanes of at least 4 members (excludes halogenated alkanes) is 1. The van der Waals surface area contributed by atoms with Gasteiger partial charge in [-0.05, 0) is 19.3 Å². The van der Waals surface area contributed by atoms with Crippen LogP contribution in [0.5, 0.6) is 0 Å². The highest BCUT2D eigenvalue weighted by Crippen LogP contribution is 2.24. The van der Waals surface area contributed by atoms with Crippen LogP contribution in [0.25, 0.3) is 11.3 Å². The number of benzene rings is 1. The first-order valence-corrected chi connectivity index (χ1v) is 11.0. The molecule has 11 heteroatoms. The second kappa shape index (κ2) is 10.3. The van der Waals surface area contributed by atoms with Gasteiger partial charge in [-0.1, -0.05) is 30.3 Å². The number of amides is 2. The molecule has 0 spiro atoms. The predicted octanol–water partition coefficient (Wildman–Crippen LogP) is 1.22. The molecular weight excluding hydrogens is 402 g/mol. The Kier molecular flexibility index (Phi) is 8.05. The van der Waals surface area contributed by atoms with Crippen LogP contribution in [0.3, 0.4) is 0 Å². The zero-order valence-electron chi connectivity index (χ0n) is 15.3. The minimum absolute atomic E-state index is 0.167. The monoisotopic (exact) mass is 425 g/mol. The number of aromatic nitrogens is 1. The van der Waals surface area contributed by atoms with Crippen molar-refractivity contribution in [2.24, 2.45) is 5.14 Å². The van der Waals surface area contributed by atoms with E-state index in [1.807, 2.05) is 35.7 Å². The third-order valence-electron chi connectivity index (χ3n) is 3.72. The van der Waals surface area contributed by atoms with E-state index in [9.17, 15) is 18.0 Å². The summed E-state index contributed by atoms with van der Waals surface area (Å²) in [4.78, 5) is 28.3. The summed E-state index contributed by atoms with van der Waals surface area (Å²) in [6, 6.07) is 8.84. The van der Waals surface area contributed by atoms with Crippen LogP contribution in [0, 0.1) is 0 Å². The Labute approximate surface area is 167 Å². The van der Waals surface area contributed by atoms with Crippen molar-refractivity contribution < 1.29 is 18.0 Å². The van der Waals surface area contributed by atoms with Crippen molar-refractivity contribution in [2.75, 3.05) is 11.9 Å². The van der Waals surface area contributed by atoms with E-state index in [-0.39, 0.29) is 18.4 Å². The highest BCUT2D eigenvalue weighted by atomic mass is 32.2. The van der Waals surface area contributed by atoms with Gasteiger partial charge in [0, 0.05) is 24.4 Å². The molecule has 2 amide bonds. The molecule has 9 nitrogen and oxygen atoms in total. The molecule has 0 saturated carbocycles. The van der Waals surface area contributed by atoms with Crippen molar-refractivity contribution in [3.63, 3.8) is 0 Å². The van der Waals surface area contributed by atoms with Crippen LogP contribution in [-0.2, 0) is 19.8 Å². The highest BCUT2D eigenvalue weighted by Gasteiger charge is 2.20. The Morgan fingerprint density at radius 1 is 1.21 bits per heavy atom. The molecule has 0 radical (unpaired) electrons. The molecule has 28 heavy (non-hydrogen) atoms. The quantitative estimate of drug-likeness (QED) is 0.423. The predicted molar refractivity (Wildman–Crippen MR) is 109 cm³/mol. The summed E-state index contributed by atoms with van der Waals surface area (Å²) in [5.41, 5.74) is 1.70. The first-order chi connectivity index (χ1) is 13.2. The number of nitrogens with one attached hydrogen (secondary N) is 3. The Hall–Kier alpha value is -2.34. The van der Waals surface area contributed by atoms with Gasteiger partial charge in [-0.2, -0.15) is 8.42 Å². The molecule has 0 aliphatic rings. The average Bonchev–Trinajstić information content (AvgIpc) is 3.08. The molecule has 1 heterocycles. The van der Waals surface area contributed by atoms with Gasteiger partial charge in [-0.25, -0.2) is 14.8 Å². The molecule has 2 rings (SSSR count). The summed E-state index contributed by atoms with van der Waals surface area (Å²) < 4.78 is 23.8. The van der Waals surface area contributed by atoms with E-state index >= 15 is 0 Å². The topological polar surface area (TPSA) is 143 Å². The highest BCUT2D eigenvalue weighted by molar-refractivity contribution is 7.87. The lowest BCUT2D eigenvalue weighted by atomic mass is 10.1. The van der Waals surface area contributed by atoms with E-state index in [1.165, 1.54) is 18.3 Å². The second-order valence-electron chi connectivity index (χ2n) is 6.08. The minimum Gasteiger partial charge on any atom is -0.345 e. The van der Waals surface area contributed by atoms with Crippen LogP contribution in [0.1, 0.15) is 26.2 Å². The van der Waals surface area contributed by atoms with Crippen LogP contribution >= 0.6 is 11.3 Å². The zero-order valence-corrected chi connectivity index (χ0v) is 17.0. The van der Waals surface area contributed by atoms with Crippen molar-refractivity contribution in [3.8, 4) is 11.3 Å². The fraction of sp³-hybridized carbons (Fsp3) is 0.353. The first kappa shape index (κ1) is 22.0. The largest absolute Gasteiger partial charge is 0.345 e. The number of anilines is 1. The maximum absolute atomic E-state index is 12.5. The summed E-state index contributed by atoms with van der Waals surface area (Å²) in [6.45, 7) is 1.50. The van der Waals surface area contributed by atoms with E-state index in [1.54, 1.807) is 0 Å². The summed E-state index contributed by atoms with van der Waals surface area (Å²) in [5, 5.41) is 12.5. The number of thiazole rings is 1. The molecule has 0 fully saturated rings. The van der Waals surface area contributed by atoms with Gasteiger partial charge < -0.3 is 10.6 Å². The molecule has 1 aromatic carbocycles. The molecule has 0 aliphatic carbocycles. The fourth-order valence-electron chi connectivity index (χ4n) is 2.47. The summed E-state index contributed by atoms with van der Waals surface area (Å²) >= 11 is 1.30. The second-order valence-corrected chi connectivity index (χ2v) is 8.32. The van der Waals surface area contributed by atoms with Gasteiger partial charge in [0.2, 0.25) is 11.8 Å². The summed E-state index contributed by atoms with van der Waals surface area (Å²) in [5.74, 6) is -0.699. The first-order valence-electron chi connectivity index (χ1n) is 8.61. The van der Waals surface area contributed by atoms with Crippen LogP contribution < -0.4 is 20.5 Å². The van der Waals surface area contributed by atoms with Crippen LogP contribution in [0.2, 0.25) is 0 Å². The number of hydrogen-bond donors (Lipinski definition) is 4. The third kappa shape index (κ3) is 7.72. The lowest BCUT2D eigenvalue weighted by molar-refractivity contribution is -0.125. The van der Waals surface area contributed by atoms with Crippen LogP contribution in [0.4, 0.5) is 5.13 Å². The van der Waals surface area contributed by atoms with E-state index in [2.05, 4.69) is 20.3 Å². The van der Waals surface area contributed by atoms with E-state index in [4.69, 9.17) is 5.14 Å². The van der Waals surface area contributed by atoms with Crippen molar-refractivity contribution in [3.05, 3.63) is 35.7 Å². The Morgan fingerprint density at radius 3 is 2.57 bits per heavy atom.